The van der Waals surface area contributed by atoms with Crippen LogP contribution in [0.1, 0.15) is 16.8 Å². The molecule has 0 spiro atoms. The van der Waals surface area contributed by atoms with Crippen LogP contribution in [-0.2, 0) is 6.54 Å². The lowest BCUT2D eigenvalue weighted by molar-refractivity contribution is 0.0988. The fourth-order valence-electron chi connectivity index (χ4n) is 3.51. The number of amides is 1. The normalized spacial score (nSPS) is 11.4. The van der Waals surface area contributed by atoms with Crippen LogP contribution < -0.4 is 4.90 Å². The molecule has 150 valence electrons. The zero-order valence-corrected chi connectivity index (χ0v) is 16.8. The van der Waals surface area contributed by atoms with E-state index in [1.807, 2.05) is 35.0 Å². The van der Waals surface area contributed by atoms with E-state index >= 15 is 0 Å². The highest BCUT2D eigenvalue weighted by atomic mass is 32.1. The first-order chi connectivity index (χ1) is 14.7. The van der Waals surface area contributed by atoms with Crippen molar-refractivity contribution in [2.24, 2.45) is 0 Å². The number of benzene rings is 2. The Morgan fingerprint density at radius 1 is 1.23 bits per heavy atom. The van der Waals surface area contributed by atoms with Gasteiger partial charge in [-0.1, -0.05) is 29.5 Å². The Morgan fingerprint density at radius 3 is 3.00 bits per heavy atom. The molecule has 0 bridgehead atoms. The number of aromatic nitrogens is 4. The number of hydrogen-bond acceptors (Lipinski definition) is 4. The van der Waals surface area contributed by atoms with Gasteiger partial charge in [0.05, 0.1) is 22.1 Å². The van der Waals surface area contributed by atoms with E-state index in [9.17, 15) is 9.18 Å². The molecule has 1 N–H and O–H groups in total. The maximum absolute atomic E-state index is 13.6. The predicted molar refractivity (Wildman–Crippen MR) is 116 cm³/mol. The highest BCUT2D eigenvalue weighted by molar-refractivity contribution is 7.22. The summed E-state index contributed by atoms with van der Waals surface area (Å²) in [6.45, 7) is 1.22. The number of rotatable bonds is 6. The topological polar surface area (TPSA) is 66.8 Å². The Hall–Kier alpha value is -3.52. The average Bonchev–Trinajstić information content (AvgIpc) is 3.49. The van der Waals surface area contributed by atoms with Gasteiger partial charge in [-0.2, -0.15) is 0 Å². The van der Waals surface area contributed by atoms with E-state index in [1.165, 1.54) is 23.5 Å². The lowest BCUT2D eigenvalue weighted by atomic mass is 10.1. The van der Waals surface area contributed by atoms with Crippen LogP contribution in [0.2, 0.25) is 0 Å². The Kier molecular flexibility index (Phi) is 4.76. The first kappa shape index (κ1) is 18.5. The standard InChI is InChI=1S/C22H18FN5OS/c23-15-6-7-19-20(12-15)30-22(26-19)28(10-3-9-27-11-8-24-14-27)21(29)17-13-25-18-5-2-1-4-16(17)18/h1-2,4-8,11-14,25H,3,9-10H2. The largest absolute Gasteiger partial charge is 0.360 e. The molecule has 0 aliphatic rings. The van der Waals surface area contributed by atoms with Crippen molar-refractivity contribution in [3.8, 4) is 0 Å². The van der Waals surface area contributed by atoms with Gasteiger partial charge in [0.2, 0.25) is 0 Å². The van der Waals surface area contributed by atoms with Crippen molar-refractivity contribution in [1.29, 1.82) is 0 Å². The number of para-hydroxylation sites is 1. The molecule has 5 rings (SSSR count). The van der Waals surface area contributed by atoms with Crippen molar-refractivity contribution in [3.63, 3.8) is 0 Å². The number of carbonyl (C=O) groups excluding carboxylic acids is 1. The quantitative estimate of drug-likeness (QED) is 0.428. The highest BCUT2D eigenvalue weighted by Gasteiger charge is 2.23. The smallest absolute Gasteiger partial charge is 0.262 e. The van der Waals surface area contributed by atoms with Crippen molar-refractivity contribution in [2.75, 3.05) is 11.4 Å². The second-order valence-electron chi connectivity index (χ2n) is 6.97. The molecule has 2 aromatic carbocycles. The summed E-state index contributed by atoms with van der Waals surface area (Å²) >= 11 is 1.32. The molecule has 1 amide bonds. The van der Waals surface area contributed by atoms with Crippen LogP contribution in [0.5, 0.6) is 0 Å². The second kappa shape index (κ2) is 7.72. The third-order valence-corrected chi connectivity index (χ3v) is 6.03. The number of fused-ring (bicyclic) bond motifs is 2. The minimum absolute atomic E-state index is 0.127. The molecule has 0 atom stereocenters. The van der Waals surface area contributed by atoms with E-state index < -0.39 is 0 Å². The highest BCUT2D eigenvalue weighted by Crippen LogP contribution is 2.31. The van der Waals surface area contributed by atoms with Crippen LogP contribution in [0.4, 0.5) is 9.52 Å². The minimum Gasteiger partial charge on any atom is -0.360 e. The third kappa shape index (κ3) is 3.46. The van der Waals surface area contributed by atoms with Crippen LogP contribution >= 0.6 is 11.3 Å². The monoisotopic (exact) mass is 419 g/mol. The van der Waals surface area contributed by atoms with Crippen LogP contribution in [0.3, 0.4) is 0 Å². The molecule has 0 saturated carbocycles. The van der Waals surface area contributed by atoms with Gasteiger partial charge in [-0.3, -0.25) is 9.69 Å². The molecule has 0 fully saturated rings. The van der Waals surface area contributed by atoms with Gasteiger partial charge >= 0.3 is 0 Å². The summed E-state index contributed by atoms with van der Waals surface area (Å²) < 4.78 is 16.3. The fraction of sp³-hybridized carbons (Fsp3) is 0.136. The maximum atomic E-state index is 13.6. The number of halogens is 1. The third-order valence-electron chi connectivity index (χ3n) is 4.99. The summed E-state index contributed by atoms with van der Waals surface area (Å²) in [5, 5.41) is 1.44. The fourth-order valence-corrected chi connectivity index (χ4v) is 4.52. The predicted octanol–water partition coefficient (Wildman–Crippen LogP) is 4.85. The molecule has 0 saturated heterocycles. The van der Waals surface area contributed by atoms with Crippen molar-refractivity contribution < 1.29 is 9.18 Å². The van der Waals surface area contributed by atoms with Gasteiger partial charge in [-0.15, -0.1) is 0 Å². The number of anilines is 1. The summed E-state index contributed by atoms with van der Waals surface area (Å²) in [4.78, 5) is 27.1. The average molecular weight is 419 g/mol. The van der Waals surface area contributed by atoms with Gasteiger partial charge < -0.3 is 9.55 Å². The number of nitrogens with one attached hydrogen (secondary N) is 1. The van der Waals surface area contributed by atoms with Gasteiger partial charge in [0.15, 0.2) is 5.13 Å². The number of nitrogens with zero attached hydrogens (tertiary/aromatic N) is 4. The zero-order chi connectivity index (χ0) is 20.5. The van der Waals surface area contributed by atoms with E-state index in [4.69, 9.17) is 0 Å². The van der Waals surface area contributed by atoms with E-state index in [0.717, 1.165) is 28.6 Å². The Bertz CT molecular complexity index is 1320. The number of aryl methyl sites for hydroxylation is 1. The van der Waals surface area contributed by atoms with E-state index in [-0.39, 0.29) is 11.7 Å². The molecule has 0 aliphatic carbocycles. The zero-order valence-electron chi connectivity index (χ0n) is 16.0. The first-order valence-corrected chi connectivity index (χ1v) is 10.4. The first-order valence-electron chi connectivity index (χ1n) is 9.59. The lowest BCUT2D eigenvalue weighted by Crippen LogP contribution is -2.32. The number of carbonyl (C=O) groups is 1. The van der Waals surface area contributed by atoms with Crippen molar-refractivity contribution in [3.05, 3.63) is 78.8 Å². The van der Waals surface area contributed by atoms with Gasteiger partial charge in [-0.05, 0) is 30.7 Å². The summed E-state index contributed by atoms with van der Waals surface area (Å²) in [7, 11) is 0. The number of thiazole rings is 1. The summed E-state index contributed by atoms with van der Waals surface area (Å²) in [5.74, 6) is -0.440. The van der Waals surface area contributed by atoms with E-state index in [1.54, 1.807) is 29.7 Å². The van der Waals surface area contributed by atoms with Gasteiger partial charge in [-0.25, -0.2) is 14.4 Å². The van der Waals surface area contributed by atoms with Crippen molar-refractivity contribution in [1.82, 2.24) is 19.5 Å². The van der Waals surface area contributed by atoms with Crippen molar-refractivity contribution in [2.45, 2.75) is 13.0 Å². The molecule has 5 aromatic rings. The number of aromatic amines is 1. The molecule has 0 radical (unpaired) electrons. The maximum Gasteiger partial charge on any atom is 0.262 e. The second-order valence-corrected chi connectivity index (χ2v) is 7.98. The summed E-state index contributed by atoms with van der Waals surface area (Å²) in [6.07, 6.45) is 7.85. The van der Waals surface area contributed by atoms with Gasteiger partial charge in [0, 0.05) is 42.6 Å². The minimum atomic E-state index is -0.313. The summed E-state index contributed by atoms with van der Waals surface area (Å²) in [6, 6.07) is 12.2. The SMILES string of the molecule is O=C(c1c[nH]c2ccccc12)N(CCCn1ccnc1)c1nc2ccc(F)cc2s1. The molecule has 0 unspecified atom stereocenters. The van der Waals surface area contributed by atoms with Crippen molar-refractivity contribution >= 4 is 43.5 Å². The van der Waals surface area contributed by atoms with Crippen LogP contribution in [0.15, 0.2) is 67.4 Å². The molecule has 3 aromatic heterocycles. The number of imidazole rings is 1. The van der Waals surface area contributed by atoms with Crippen LogP contribution in [0, 0.1) is 5.82 Å². The van der Waals surface area contributed by atoms with E-state index in [0.29, 0.717) is 22.8 Å². The molecule has 6 nitrogen and oxygen atoms in total. The molecule has 8 heteroatoms. The molecule has 0 aliphatic heterocycles. The van der Waals surface area contributed by atoms with Gasteiger partial charge in [0.1, 0.15) is 5.82 Å². The Labute approximate surface area is 175 Å². The number of hydrogen-bond donors (Lipinski definition) is 1. The van der Waals surface area contributed by atoms with E-state index in [2.05, 4.69) is 15.0 Å². The van der Waals surface area contributed by atoms with Crippen LogP contribution in [-0.4, -0.2) is 32.0 Å². The summed E-state index contributed by atoms with van der Waals surface area (Å²) in [5.41, 5.74) is 2.19. The lowest BCUT2D eigenvalue weighted by Gasteiger charge is -2.19. The Balaban J connectivity index is 1.50. The molecule has 30 heavy (non-hydrogen) atoms. The molecule has 3 heterocycles. The number of H-pyrrole nitrogens is 1. The van der Waals surface area contributed by atoms with Gasteiger partial charge in [0.25, 0.3) is 5.91 Å². The van der Waals surface area contributed by atoms with Crippen LogP contribution in [0.25, 0.3) is 21.1 Å². The Morgan fingerprint density at radius 2 is 2.13 bits per heavy atom. The molecular weight excluding hydrogens is 401 g/mol. The molecular formula is C22H18FN5OS.